The van der Waals surface area contributed by atoms with Crippen LogP contribution in [0.15, 0.2) is 24.3 Å². The molecule has 1 atom stereocenters. The Labute approximate surface area is 99.8 Å². The second kappa shape index (κ2) is 6.05. The Kier molecular flexibility index (Phi) is 5.00. The SMILES string of the molecule is CC(CCCN)Cc1cccc(C(F)(F)F)c1. The van der Waals surface area contributed by atoms with Crippen LogP contribution in [0.3, 0.4) is 0 Å². The molecule has 4 heteroatoms. The largest absolute Gasteiger partial charge is 0.416 e. The van der Waals surface area contributed by atoms with E-state index in [-0.39, 0.29) is 0 Å². The van der Waals surface area contributed by atoms with E-state index in [2.05, 4.69) is 0 Å². The van der Waals surface area contributed by atoms with Gasteiger partial charge in [0, 0.05) is 0 Å². The van der Waals surface area contributed by atoms with Gasteiger partial charge in [-0.3, -0.25) is 0 Å². The summed E-state index contributed by atoms with van der Waals surface area (Å²) in [7, 11) is 0. The lowest BCUT2D eigenvalue weighted by atomic mass is 9.95. The smallest absolute Gasteiger partial charge is 0.330 e. The molecule has 0 aliphatic heterocycles. The molecule has 96 valence electrons. The number of hydrogen-bond acceptors (Lipinski definition) is 1. The van der Waals surface area contributed by atoms with Crippen LogP contribution in [0.25, 0.3) is 0 Å². The molecule has 17 heavy (non-hydrogen) atoms. The van der Waals surface area contributed by atoms with Crippen molar-refractivity contribution in [3.63, 3.8) is 0 Å². The summed E-state index contributed by atoms with van der Waals surface area (Å²) in [5.74, 6) is 0.363. The molecule has 0 fully saturated rings. The van der Waals surface area contributed by atoms with Gasteiger partial charge in [0.25, 0.3) is 0 Å². The first-order valence-corrected chi connectivity index (χ1v) is 5.79. The lowest BCUT2D eigenvalue weighted by Gasteiger charge is -2.12. The molecule has 0 radical (unpaired) electrons. The predicted molar refractivity (Wildman–Crippen MR) is 62.6 cm³/mol. The van der Waals surface area contributed by atoms with Crippen molar-refractivity contribution in [3.8, 4) is 0 Å². The Morgan fingerprint density at radius 3 is 2.59 bits per heavy atom. The third kappa shape index (κ3) is 4.77. The van der Waals surface area contributed by atoms with Crippen molar-refractivity contribution >= 4 is 0 Å². The summed E-state index contributed by atoms with van der Waals surface area (Å²) in [4.78, 5) is 0. The van der Waals surface area contributed by atoms with Gasteiger partial charge in [0.05, 0.1) is 5.56 Å². The average Bonchev–Trinajstić information content (AvgIpc) is 2.25. The molecule has 0 aliphatic rings. The molecule has 1 nitrogen and oxygen atoms in total. The Morgan fingerprint density at radius 2 is 2.00 bits per heavy atom. The zero-order valence-corrected chi connectivity index (χ0v) is 9.93. The first-order valence-electron chi connectivity index (χ1n) is 5.79. The van der Waals surface area contributed by atoms with E-state index in [0.29, 0.717) is 18.9 Å². The molecule has 0 aliphatic carbocycles. The third-order valence-electron chi connectivity index (χ3n) is 2.74. The molecule has 0 saturated carbocycles. The molecular formula is C13H18F3N. The second-order valence-corrected chi connectivity index (χ2v) is 4.44. The van der Waals surface area contributed by atoms with E-state index in [1.165, 1.54) is 12.1 Å². The summed E-state index contributed by atoms with van der Waals surface area (Å²) >= 11 is 0. The van der Waals surface area contributed by atoms with E-state index >= 15 is 0 Å². The number of benzene rings is 1. The molecule has 2 N–H and O–H groups in total. The molecule has 0 saturated heterocycles. The van der Waals surface area contributed by atoms with E-state index in [1.807, 2.05) is 6.92 Å². The van der Waals surface area contributed by atoms with Gasteiger partial charge in [0.15, 0.2) is 0 Å². The molecule has 0 bridgehead atoms. The molecule has 1 aromatic carbocycles. The molecule has 1 aromatic rings. The van der Waals surface area contributed by atoms with Crippen molar-refractivity contribution < 1.29 is 13.2 Å². The zero-order valence-electron chi connectivity index (χ0n) is 9.93. The van der Waals surface area contributed by atoms with Crippen LogP contribution in [-0.4, -0.2) is 6.54 Å². The van der Waals surface area contributed by atoms with Crippen molar-refractivity contribution in [3.05, 3.63) is 35.4 Å². The number of hydrogen-bond donors (Lipinski definition) is 1. The molecule has 0 amide bonds. The van der Waals surface area contributed by atoms with Crippen molar-refractivity contribution in [1.29, 1.82) is 0 Å². The normalized spacial score (nSPS) is 13.7. The number of alkyl halides is 3. The molecule has 0 aromatic heterocycles. The highest BCUT2D eigenvalue weighted by atomic mass is 19.4. The van der Waals surface area contributed by atoms with Crippen LogP contribution < -0.4 is 5.73 Å². The fourth-order valence-electron chi connectivity index (χ4n) is 1.85. The highest BCUT2D eigenvalue weighted by Gasteiger charge is 2.30. The van der Waals surface area contributed by atoms with Crippen LogP contribution in [0.5, 0.6) is 0 Å². The first-order chi connectivity index (χ1) is 7.93. The predicted octanol–water partition coefficient (Wildman–Crippen LogP) is 3.62. The average molecular weight is 245 g/mol. The Bertz CT molecular complexity index is 347. The van der Waals surface area contributed by atoms with E-state index in [1.54, 1.807) is 6.07 Å². The van der Waals surface area contributed by atoms with E-state index in [9.17, 15) is 13.2 Å². The van der Waals surface area contributed by atoms with Crippen LogP contribution in [-0.2, 0) is 12.6 Å². The van der Waals surface area contributed by atoms with Gasteiger partial charge in [-0.15, -0.1) is 0 Å². The quantitative estimate of drug-likeness (QED) is 0.842. The van der Waals surface area contributed by atoms with Gasteiger partial charge in [0.2, 0.25) is 0 Å². The van der Waals surface area contributed by atoms with Crippen molar-refractivity contribution in [2.24, 2.45) is 11.7 Å². The second-order valence-electron chi connectivity index (χ2n) is 4.44. The summed E-state index contributed by atoms with van der Waals surface area (Å²) < 4.78 is 37.5. The highest BCUT2D eigenvalue weighted by molar-refractivity contribution is 5.25. The Hall–Kier alpha value is -1.03. The minimum absolute atomic E-state index is 0.363. The number of halogens is 3. The lowest BCUT2D eigenvalue weighted by Crippen LogP contribution is -2.08. The number of rotatable bonds is 5. The maximum atomic E-state index is 12.5. The molecular weight excluding hydrogens is 227 g/mol. The summed E-state index contributed by atoms with van der Waals surface area (Å²) in [6, 6.07) is 5.55. The topological polar surface area (TPSA) is 26.0 Å². The van der Waals surface area contributed by atoms with Crippen molar-refractivity contribution in [1.82, 2.24) is 0 Å². The Balaban J connectivity index is 2.66. The lowest BCUT2D eigenvalue weighted by molar-refractivity contribution is -0.137. The van der Waals surface area contributed by atoms with Crippen LogP contribution >= 0.6 is 0 Å². The number of nitrogens with two attached hydrogens (primary N) is 1. The van der Waals surface area contributed by atoms with Gasteiger partial charge >= 0.3 is 6.18 Å². The van der Waals surface area contributed by atoms with Crippen LogP contribution in [0.4, 0.5) is 13.2 Å². The Morgan fingerprint density at radius 1 is 1.29 bits per heavy atom. The highest BCUT2D eigenvalue weighted by Crippen LogP contribution is 2.30. The van der Waals surface area contributed by atoms with Crippen molar-refractivity contribution in [2.45, 2.75) is 32.4 Å². The van der Waals surface area contributed by atoms with Crippen LogP contribution in [0.1, 0.15) is 30.9 Å². The zero-order chi connectivity index (χ0) is 12.9. The van der Waals surface area contributed by atoms with Gasteiger partial charge in [0.1, 0.15) is 0 Å². The van der Waals surface area contributed by atoms with E-state index in [4.69, 9.17) is 5.73 Å². The molecule has 1 rings (SSSR count). The van der Waals surface area contributed by atoms with Gasteiger partial charge < -0.3 is 5.73 Å². The standard InChI is InChI=1S/C13H18F3N/c1-10(4-3-7-17)8-11-5-2-6-12(9-11)13(14,15)16/h2,5-6,9-10H,3-4,7-8,17H2,1H3. The maximum absolute atomic E-state index is 12.5. The molecule has 0 spiro atoms. The molecule has 0 heterocycles. The minimum atomic E-state index is -4.25. The third-order valence-corrected chi connectivity index (χ3v) is 2.74. The summed E-state index contributed by atoms with van der Waals surface area (Å²) in [6.07, 6.45) is -1.71. The first kappa shape index (κ1) is 14.0. The van der Waals surface area contributed by atoms with Crippen molar-refractivity contribution in [2.75, 3.05) is 6.54 Å². The summed E-state index contributed by atoms with van der Waals surface area (Å²) in [5, 5.41) is 0. The summed E-state index contributed by atoms with van der Waals surface area (Å²) in [6.45, 7) is 2.67. The van der Waals surface area contributed by atoms with E-state index < -0.39 is 11.7 Å². The monoisotopic (exact) mass is 245 g/mol. The summed E-state index contributed by atoms with van der Waals surface area (Å²) in [5.41, 5.74) is 5.57. The minimum Gasteiger partial charge on any atom is -0.330 e. The van der Waals surface area contributed by atoms with Gasteiger partial charge in [-0.1, -0.05) is 25.1 Å². The fraction of sp³-hybridized carbons (Fsp3) is 0.538. The fourth-order valence-corrected chi connectivity index (χ4v) is 1.85. The van der Waals surface area contributed by atoms with Crippen LogP contribution in [0.2, 0.25) is 0 Å². The van der Waals surface area contributed by atoms with Gasteiger partial charge in [-0.25, -0.2) is 0 Å². The maximum Gasteiger partial charge on any atom is 0.416 e. The van der Waals surface area contributed by atoms with Crippen LogP contribution in [0, 0.1) is 5.92 Å². The molecule has 1 unspecified atom stereocenters. The van der Waals surface area contributed by atoms with Gasteiger partial charge in [-0.2, -0.15) is 13.2 Å². The van der Waals surface area contributed by atoms with E-state index in [0.717, 1.165) is 24.5 Å². The van der Waals surface area contributed by atoms with Gasteiger partial charge in [-0.05, 0) is 43.4 Å².